The van der Waals surface area contributed by atoms with Crippen LogP contribution in [0.3, 0.4) is 0 Å². The summed E-state index contributed by atoms with van der Waals surface area (Å²) in [6, 6.07) is 20.5. The molecule has 2 N–H and O–H groups in total. The van der Waals surface area contributed by atoms with Crippen molar-refractivity contribution in [3.63, 3.8) is 0 Å². The topological polar surface area (TPSA) is 76.0 Å². The van der Waals surface area contributed by atoms with Crippen molar-refractivity contribution < 1.29 is 14.0 Å². The smallest absolute Gasteiger partial charge is 0.259 e. The lowest BCUT2D eigenvalue weighted by Gasteiger charge is -2.08. The molecule has 3 aromatic carbocycles. The first-order valence-corrected chi connectivity index (χ1v) is 10.0. The van der Waals surface area contributed by atoms with Crippen molar-refractivity contribution in [2.45, 2.75) is 13.8 Å². The lowest BCUT2D eigenvalue weighted by molar-refractivity contribution is -0.114. The fraction of sp³-hybridized carbons (Fsp3) is 0.0800. The van der Waals surface area contributed by atoms with Crippen molar-refractivity contribution in [1.29, 1.82) is 0 Å². The molecule has 0 saturated carbocycles. The molecule has 0 fully saturated rings. The molecule has 4 rings (SSSR count). The highest BCUT2D eigenvalue weighted by atomic mass is 19.1. The first-order valence-electron chi connectivity index (χ1n) is 10.0. The van der Waals surface area contributed by atoms with Gasteiger partial charge in [0.15, 0.2) is 0 Å². The molecular formula is C25H21FN4O2. The molecule has 1 heterocycles. The number of nitrogens with one attached hydrogen (secondary N) is 2. The van der Waals surface area contributed by atoms with Gasteiger partial charge in [0.2, 0.25) is 5.91 Å². The minimum absolute atomic E-state index is 0.198. The van der Waals surface area contributed by atoms with E-state index in [0.717, 1.165) is 11.1 Å². The average molecular weight is 428 g/mol. The number of benzene rings is 3. The van der Waals surface area contributed by atoms with Gasteiger partial charge in [0.25, 0.3) is 5.91 Å². The molecule has 6 nitrogen and oxygen atoms in total. The molecule has 7 heteroatoms. The fourth-order valence-corrected chi connectivity index (χ4v) is 3.27. The molecule has 2 amide bonds. The Morgan fingerprint density at radius 3 is 2.22 bits per heavy atom. The Morgan fingerprint density at radius 2 is 1.56 bits per heavy atom. The van der Waals surface area contributed by atoms with E-state index in [1.165, 1.54) is 19.1 Å². The number of halogens is 1. The van der Waals surface area contributed by atoms with Gasteiger partial charge in [-0.2, -0.15) is 5.10 Å². The van der Waals surface area contributed by atoms with Crippen LogP contribution in [-0.4, -0.2) is 21.6 Å². The van der Waals surface area contributed by atoms with Gasteiger partial charge in [-0.15, -0.1) is 0 Å². The van der Waals surface area contributed by atoms with Crippen LogP contribution in [0.5, 0.6) is 0 Å². The van der Waals surface area contributed by atoms with Crippen LogP contribution in [0.4, 0.5) is 15.8 Å². The van der Waals surface area contributed by atoms with Gasteiger partial charge in [0.05, 0.1) is 11.3 Å². The predicted octanol–water partition coefficient (Wildman–Crippen LogP) is 5.20. The highest BCUT2D eigenvalue weighted by Crippen LogP contribution is 2.26. The molecule has 0 aliphatic carbocycles. The molecule has 0 aliphatic rings. The van der Waals surface area contributed by atoms with E-state index in [2.05, 4.69) is 15.7 Å². The van der Waals surface area contributed by atoms with Crippen LogP contribution >= 0.6 is 0 Å². The zero-order valence-corrected chi connectivity index (χ0v) is 17.6. The Kier molecular flexibility index (Phi) is 5.81. The number of aryl methyl sites for hydroxylation is 1. The number of rotatable bonds is 5. The number of carbonyl (C=O) groups excluding carboxylic acids is 2. The second-order valence-corrected chi connectivity index (χ2v) is 7.39. The van der Waals surface area contributed by atoms with Crippen LogP contribution in [0.25, 0.3) is 16.9 Å². The van der Waals surface area contributed by atoms with Crippen LogP contribution in [-0.2, 0) is 4.79 Å². The summed E-state index contributed by atoms with van der Waals surface area (Å²) in [4.78, 5) is 24.5. The van der Waals surface area contributed by atoms with Crippen LogP contribution < -0.4 is 10.6 Å². The first-order chi connectivity index (χ1) is 15.4. The predicted molar refractivity (Wildman–Crippen MR) is 122 cm³/mol. The molecule has 160 valence electrons. The van der Waals surface area contributed by atoms with Gasteiger partial charge in [0.1, 0.15) is 11.5 Å². The zero-order valence-electron chi connectivity index (χ0n) is 17.6. The summed E-state index contributed by atoms with van der Waals surface area (Å²) < 4.78 is 14.9. The van der Waals surface area contributed by atoms with Crippen LogP contribution in [0.2, 0.25) is 0 Å². The van der Waals surface area contributed by atoms with Gasteiger partial charge < -0.3 is 10.6 Å². The number of aromatic nitrogens is 2. The second-order valence-electron chi connectivity index (χ2n) is 7.39. The molecule has 0 spiro atoms. The maximum atomic E-state index is 13.4. The number of hydrogen-bond donors (Lipinski definition) is 2. The monoisotopic (exact) mass is 428 g/mol. The van der Waals surface area contributed by atoms with Gasteiger partial charge >= 0.3 is 0 Å². The van der Waals surface area contributed by atoms with Gasteiger partial charge in [0, 0.05) is 30.1 Å². The lowest BCUT2D eigenvalue weighted by Crippen LogP contribution is -2.13. The molecule has 0 bridgehead atoms. The van der Waals surface area contributed by atoms with Crippen molar-refractivity contribution in [1.82, 2.24) is 9.78 Å². The van der Waals surface area contributed by atoms with Crippen LogP contribution in [0.15, 0.2) is 79.0 Å². The highest BCUT2D eigenvalue weighted by Gasteiger charge is 2.19. The molecule has 32 heavy (non-hydrogen) atoms. The quantitative estimate of drug-likeness (QED) is 0.459. The van der Waals surface area contributed by atoms with E-state index in [1.807, 2.05) is 31.2 Å². The van der Waals surface area contributed by atoms with Crippen molar-refractivity contribution >= 4 is 23.2 Å². The molecule has 0 aliphatic heterocycles. The Labute approximate surface area is 184 Å². The maximum absolute atomic E-state index is 13.4. The summed E-state index contributed by atoms with van der Waals surface area (Å²) in [6.07, 6.45) is 1.62. The molecule has 0 unspecified atom stereocenters. The van der Waals surface area contributed by atoms with Crippen molar-refractivity contribution in [3.8, 4) is 16.9 Å². The van der Waals surface area contributed by atoms with E-state index >= 15 is 0 Å². The number of carbonyl (C=O) groups is 2. The van der Waals surface area contributed by atoms with Gasteiger partial charge in [-0.05, 0) is 49.4 Å². The highest BCUT2D eigenvalue weighted by molar-refractivity contribution is 6.08. The molecule has 0 saturated heterocycles. The van der Waals surface area contributed by atoms with Crippen molar-refractivity contribution in [2.24, 2.45) is 0 Å². The first kappa shape index (κ1) is 21.0. The average Bonchev–Trinajstić information content (AvgIpc) is 3.20. The Bertz CT molecular complexity index is 1280. The van der Waals surface area contributed by atoms with E-state index in [-0.39, 0.29) is 17.6 Å². The van der Waals surface area contributed by atoms with Crippen molar-refractivity contribution in [3.05, 3.63) is 95.9 Å². The number of anilines is 2. The SMILES string of the molecule is CC(=O)Nc1cccc(NC(=O)c2cn(-c3ccc(F)cc3)nc2-c2ccc(C)cc2)c1. The van der Waals surface area contributed by atoms with E-state index < -0.39 is 0 Å². The maximum Gasteiger partial charge on any atom is 0.259 e. The number of nitrogens with zero attached hydrogens (tertiary/aromatic N) is 2. The number of hydrogen-bond acceptors (Lipinski definition) is 3. The van der Waals surface area contributed by atoms with Crippen LogP contribution in [0.1, 0.15) is 22.8 Å². The minimum atomic E-state index is -0.353. The third-order valence-corrected chi connectivity index (χ3v) is 4.82. The second kappa shape index (κ2) is 8.85. The molecule has 1 aromatic heterocycles. The largest absolute Gasteiger partial charge is 0.326 e. The van der Waals surface area contributed by atoms with Gasteiger partial charge in [-0.1, -0.05) is 35.9 Å². The Balaban J connectivity index is 1.71. The van der Waals surface area contributed by atoms with Crippen LogP contribution in [0, 0.1) is 12.7 Å². The summed E-state index contributed by atoms with van der Waals surface area (Å²) >= 11 is 0. The summed E-state index contributed by atoms with van der Waals surface area (Å²) in [6.45, 7) is 3.40. The molecule has 4 aromatic rings. The molecular weight excluding hydrogens is 407 g/mol. The van der Waals surface area contributed by atoms with Gasteiger partial charge in [-0.3, -0.25) is 9.59 Å². The molecule has 0 radical (unpaired) electrons. The lowest BCUT2D eigenvalue weighted by atomic mass is 10.1. The standard InChI is InChI=1S/C25H21FN4O2/c1-16-6-8-18(9-7-16)24-23(15-30(29-24)22-12-10-19(26)11-13-22)25(32)28-21-5-3-4-20(14-21)27-17(2)31/h3-15H,1-2H3,(H,27,31)(H,28,32). The van der Waals surface area contributed by atoms with E-state index in [9.17, 15) is 14.0 Å². The Morgan fingerprint density at radius 1 is 0.906 bits per heavy atom. The number of amides is 2. The minimum Gasteiger partial charge on any atom is -0.326 e. The normalized spacial score (nSPS) is 10.6. The fourth-order valence-electron chi connectivity index (χ4n) is 3.27. The summed E-state index contributed by atoms with van der Waals surface area (Å²) in [5.74, 6) is -0.902. The summed E-state index contributed by atoms with van der Waals surface area (Å²) in [5, 5.41) is 10.2. The van der Waals surface area contributed by atoms with E-state index in [1.54, 1.807) is 47.3 Å². The third-order valence-electron chi connectivity index (χ3n) is 4.82. The van der Waals surface area contributed by atoms with E-state index in [4.69, 9.17) is 0 Å². The Hall–Kier alpha value is -4.26. The third kappa shape index (κ3) is 4.73. The van der Waals surface area contributed by atoms with Crippen molar-refractivity contribution in [2.75, 3.05) is 10.6 Å². The molecule has 0 atom stereocenters. The van der Waals surface area contributed by atoms with E-state index in [0.29, 0.717) is 28.3 Å². The van der Waals surface area contributed by atoms with Gasteiger partial charge in [-0.25, -0.2) is 9.07 Å². The summed E-state index contributed by atoms with van der Waals surface area (Å²) in [5.41, 5.74) is 4.49. The summed E-state index contributed by atoms with van der Waals surface area (Å²) in [7, 11) is 0. The zero-order chi connectivity index (χ0) is 22.7.